The molecule has 2 saturated heterocycles. The van der Waals surface area contributed by atoms with Gasteiger partial charge in [0, 0.05) is 37.3 Å². The van der Waals surface area contributed by atoms with Crippen molar-refractivity contribution in [1.82, 2.24) is 40.6 Å². The Balaban J connectivity index is 0.000000152. The van der Waals surface area contributed by atoms with Gasteiger partial charge in [0.25, 0.3) is 0 Å². The molecule has 2 fully saturated rings. The summed E-state index contributed by atoms with van der Waals surface area (Å²) in [6.07, 6.45) is 3.86. The van der Waals surface area contributed by atoms with Gasteiger partial charge in [-0.05, 0) is 83.9 Å². The summed E-state index contributed by atoms with van der Waals surface area (Å²) in [6, 6.07) is 28.6. The fraction of sp³-hybridized carbons (Fsp3) is 0.222. The highest BCUT2D eigenvalue weighted by molar-refractivity contribution is 5.59. The first kappa shape index (κ1) is 31.5. The van der Waals surface area contributed by atoms with Gasteiger partial charge in [0.1, 0.15) is 23.0 Å². The van der Waals surface area contributed by atoms with Crippen molar-refractivity contribution in [3.8, 4) is 33.9 Å². The molecule has 2 N–H and O–H groups in total. The van der Waals surface area contributed by atoms with E-state index in [1.165, 1.54) is 24.3 Å². The van der Waals surface area contributed by atoms with Crippen LogP contribution in [0, 0.1) is 11.6 Å². The van der Waals surface area contributed by atoms with Crippen LogP contribution >= 0.6 is 0 Å². The molecule has 0 amide bonds. The monoisotopic (exact) mass is 648 g/mol. The standard InChI is InChI=1S/2C18H17FN4O/c2*19-15-5-1-13(2-6-15)17-12-23(22-21-17)16-7-3-14(4-8-16)18-11-20-9-10-24-18/h2*1-8,12,18,20H,9-11H2/t2*18-/m10/s1. The van der Waals surface area contributed by atoms with E-state index in [-0.39, 0.29) is 23.8 Å². The number of nitrogens with zero attached hydrogens (tertiary/aromatic N) is 6. The highest BCUT2D eigenvalue weighted by atomic mass is 19.1. The first-order chi connectivity index (χ1) is 23.6. The molecule has 4 aromatic carbocycles. The summed E-state index contributed by atoms with van der Waals surface area (Å²) in [6.45, 7) is 4.93. The van der Waals surface area contributed by atoms with Crippen LogP contribution in [0.3, 0.4) is 0 Å². The molecule has 0 bridgehead atoms. The van der Waals surface area contributed by atoms with Gasteiger partial charge in [-0.2, -0.15) is 0 Å². The maximum absolute atomic E-state index is 13.0. The summed E-state index contributed by atoms with van der Waals surface area (Å²) in [5.41, 5.74) is 7.21. The van der Waals surface area contributed by atoms with Gasteiger partial charge in [-0.25, -0.2) is 18.1 Å². The van der Waals surface area contributed by atoms with Gasteiger partial charge < -0.3 is 20.1 Å². The fourth-order valence-electron chi connectivity index (χ4n) is 5.53. The smallest absolute Gasteiger partial charge is 0.123 e. The van der Waals surface area contributed by atoms with Gasteiger partial charge >= 0.3 is 0 Å². The molecule has 0 unspecified atom stereocenters. The molecule has 244 valence electrons. The number of rotatable bonds is 6. The molecule has 2 aliphatic heterocycles. The molecular weight excluding hydrogens is 614 g/mol. The van der Waals surface area contributed by atoms with Crippen molar-refractivity contribution in [2.24, 2.45) is 0 Å². The second kappa shape index (κ2) is 14.7. The Hall–Kier alpha value is -5.14. The Morgan fingerprint density at radius 3 is 1.29 bits per heavy atom. The van der Waals surface area contributed by atoms with Crippen LogP contribution in [0.15, 0.2) is 109 Å². The van der Waals surface area contributed by atoms with Crippen LogP contribution in [0.2, 0.25) is 0 Å². The average molecular weight is 649 g/mol. The third-order valence-corrected chi connectivity index (χ3v) is 8.18. The summed E-state index contributed by atoms with van der Waals surface area (Å²) in [7, 11) is 0. The molecular formula is C36H34F2N8O2. The van der Waals surface area contributed by atoms with E-state index < -0.39 is 0 Å². The molecule has 4 heterocycles. The molecule has 2 aromatic heterocycles. The zero-order valence-electron chi connectivity index (χ0n) is 26.0. The molecule has 10 nitrogen and oxygen atoms in total. The van der Waals surface area contributed by atoms with E-state index in [4.69, 9.17) is 9.47 Å². The second-order valence-electron chi connectivity index (χ2n) is 11.4. The lowest BCUT2D eigenvalue weighted by molar-refractivity contribution is 0.0276. The topological polar surface area (TPSA) is 104 Å². The van der Waals surface area contributed by atoms with Crippen LogP contribution in [0.25, 0.3) is 33.9 Å². The van der Waals surface area contributed by atoms with E-state index in [0.29, 0.717) is 11.4 Å². The van der Waals surface area contributed by atoms with Crippen molar-refractivity contribution in [2.75, 3.05) is 39.4 Å². The van der Waals surface area contributed by atoms with Gasteiger partial charge in [0.2, 0.25) is 0 Å². The molecule has 6 aromatic rings. The number of nitrogens with one attached hydrogen (secondary N) is 2. The molecule has 0 spiro atoms. The van der Waals surface area contributed by atoms with Crippen molar-refractivity contribution < 1.29 is 18.3 Å². The summed E-state index contributed by atoms with van der Waals surface area (Å²) < 4.78 is 40.9. The summed E-state index contributed by atoms with van der Waals surface area (Å²) in [5, 5.41) is 23.3. The van der Waals surface area contributed by atoms with E-state index in [1.807, 2.05) is 60.9 Å². The lowest BCUT2D eigenvalue weighted by Crippen LogP contribution is -2.33. The van der Waals surface area contributed by atoms with Gasteiger partial charge in [0.15, 0.2) is 0 Å². The van der Waals surface area contributed by atoms with Crippen LogP contribution in [0.1, 0.15) is 23.3 Å². The number of hydrogen-bond acceptors (Lipinski definition) is 8. The van der Waals surface area contributed by atoms with Crippen molar-refractivity contribution in [3.63, 3.8) is 0 Å². The minimum absolute atomic E-state index is 0.0957. The highest BCUT2D eigenvalue weighted by Crippen LogP contribution is 2.24. The lowest BCUT2D eigenvalue weighted by Gasteiger charge is -2.24. The highest BCUT2D eigenvalue weighted by Gasteiger charge is 2.17. The SMILES string of the molecule is Fc1ccc(-c2cn(-c3ccc([C@@H]4CNCCO4)cc3)nn2)cc1.Fc1ccc(-c2cn(-c3ccc([C@H]4CNCCO4)cc3)nn2)cc1. The lowest BCUT2D eigenvalue weighted by atomic mass is 10.1. The molecule has 2 aliphatic rings. The van der Waals surface area contributed by atoms with Crippen molar-refractivity contribution in [3.05, 3.63) is 132 Å². The maximum Gasteiger partial charge on any atom is 0.123 e. The first-order valence-corrected chi connectivity index (χ1v) is 15.8. The number of hydrogen-bond donors (Lipinski definition) is 2. The Bertz CT molecular complexity index is 1760. The molecule has 8 rings (SSSR count). The molecule has 2 atom stereocenters. The molecule has 48 heavy (non-hydrogen) atoms. The quantitative estimate of drug-likeness (QED) is 0.245. The predicted molar refractivity (Wildman–Crippen MR) is 177 cm³/mol. The Kier molecular flexibility index (Phi) is 9.66. The third kappa shape index (κ3) is 7.53. The van der Waals surface area contributed by atoms with Crippen LogP contribution in [-0.4, -0.2) is 69.4 Å². The van der Waals surface area contributed by atoms with Crippen LogP contribution in [0.4, 0.5) is 8.78 Å². The van der Waals surface area contributed by atoms with Gasteiger partial charge in [-0.3, -0.25) is 0 Å². The first-order valence-electron chi connectivity index (χ1n) is 15.8. The Morgan fingerprint density at radius 2 is 0.938 bits per heavy atom. The zero-order chi connectivity index (χ0) is 32.7. The normalized spacial score (nSPS) is 17.8. The van der Waals surface area contributed by atoms with E-state index in [1.54, 1.807) is 33.6 Å². The van der Waals surface area contributed by atoms with E-state index in [9.17, 15) is 8.78 Å². The Labute approximate surface area is 276 Å². The number of aromatic nitrogens is 6. The van der Waals surface area contributed by atoms with E-state index in [2.05, 4.69) is 31.3 Å². The number of morpholine rings is 2. The van der Waals surface area contributed by atoms with Crippen molar-refractivity contribution in [2.45, 2.75) is 12.2 Å². The summed E-state index contributed by atoms with van der Waals surface area (Å²) in [5.74, 6) is -0.526. The molecule has 12 heteroatoms. The minimum Gasteiger partial charge on any atom is -0.371 e. The largest absolute Gasteiger partial charge is 0.371 e. The summed E-state index contributed by atoms with van der Waals surface area (Å²) >= 11 is 0. The van der Waals surface area contributed by atoms with Gasteiger partial charge in [-0.15, -0.1) is 10.2 Å². The van der Waals surface area contributed by atoms with E-state index in [0.717, 1.165) is 73.0 Å². The number of benzene rings is 4. The molecule has 0 aliphatic carbocycles. The van der Waals surface area contributed by atoms with Crippen LogP contribution < -0.4 is 10.6 Å². The number of ether oxygens (including phenoxy) is 2. The third-order valence-electron chi connectivity index (χ3n) is 8.18. The van der Waals surface area contributed by atoms with E-state index >= 15 is 0 Å². The van der Waals surface area contributed by atoms with Gasteiger partial charge in [-0.1, -0.05) is 34.7 Å². The zero-order valence-corrected chi connectivity index (χ0v) is 26.0. The predicted octanol–water partition coefficient (Wildman–Crippen LogP) is 5.47. The Morgan fingerprint density at radius 1 is 0.542 bits per heavy atom. The van der Waals surface area contributed by atoms with Crippen LogP contribution in [0.5, 0.6) is 0 Å². The fourth-order valence-corrected chi connectivity index (χ4v) is 5.53. The minimum atomic E-state index is -0.263. The van der Waals surface area contributed by atoms with Crippen LogP contribution in [-0.2, 0) is 9.47 Å². The summed E-state index contributed by atoms with van der Waals surface area (Å²) in [4.78, 5) is 0. The van der Waals surface area contributed by atoms with Crippen molar-refractivity contribution >= 4 is 0 Å². The van der Waals surface area contributed by atoms with Crippen molar-refractivity contribution in [1.29, 1.82) is 0 Å². The molecule has 0 saturated carbocycles. The second-order valence-corrected chi connectivity index (χ2v) is 11.4. The van der Waals surface area contributed by atoms with Gasteiger partial charge in [0.05, 0.1) is 49.2 Å². The number of halogens is 2. The average Bonchev–Trinajstić information content (AvgIpc) is 3.85. The maximum atomic E-state index is 13.0. The molecule has 0 radical (unpaired) electrons.